The summed E-state index contributed by atoms with van der Waals surface area (Å²) in [7, 11) is 0. The summed E-state index contributed by atoms with van der Waals surface area (Å²) >= 11 is 0. The Morgan fingerprint density at radius 3 is 2.94 bits per heavy atom. The fourth-order valence-corrected chi connectivity index (χ4v) is 1.64. The van der Waals surface area contributed by atoms with E-state index in [0.717, 1.165) is 0 Å². The Kier molecular flexibility index (Phi) is 2.56. The third kappa shape index (κ3) is 1.86. The first-order valence-corrected chi connectivity index (χ1v) is 4.84. The number of hydrogen-bond donors (Lipinski definition) is 1. The number of carboxylic acid groups (broad SMARTS) is 1. The first-order valence-electron chi connectivity index (χ1n) is 4.84. The van der Waals surface area contributed by atoms with E-state index in [1.165, 1.54) is 6.07 Å². The highest BCUT2D eigenvalue weighted by Crippen LogP contribution is 2.19. The summed E-state index contributed by atoms with van der Waals surface area (Å²) < 4.78 is 13.4. The van der Waals surface area contributed by atoms with Crippen LogP contribution in [-0.2, 0) is 11.2 Å². The standard InChI is InChI=1S/C12H10FNO2/c1-7-8(6-12(15)16)5-9-10(13)3-2-4-11(9)14-7/h2-5H,6H2,1H3,(H,15,16). The third-order valence-electron chi connectivity index (χ3n) is 2.44. The number of halogens is 1. The molecular formula is C12H10FNO2. The number of aromatic nitrogens is 1. The predicted molar refractivity (Wildman–Crippen MR) is 57.8 cm³/mol. The molecule has 1 aromatic heterocycles. The molecule has 0 saturated heterocycles. The van der Waals surface area contributed by atoms with Gasteiger partial charge in [-0.25, -0.2) is 4.39 Å². The maximum atomic E-state index is 13.4. The smallest absolute Gasteiger partial charge is 0.307 e. The normalized spacial score (nSPS) is 10.6. The van der Waals surface area contributed by atoms with E-state index in [2.05, 4.69) is 4.98 Å². The summed E-state index contributed by atoms with van der Waals surface area (Å²) in [4.78, 5) is 14.8. The summed E-state index contributed by atoms with van der Waals surface area (Å²) in [5.74, 6) is -1.32. The molecule has 0 aliphatic heterocycles. The largest absolute Gasteiger partial charge is 0.481 e. The number of rotatable bonds is 2. The lowest BCUT2D eigenvalue weighted by Crippen LogP contribution is -2.03. The van der Waals surface area contributed by atoms with E-state index in [1.807, 2.05) is 0 Å². The van der Waals surface area contributed by atoms with E-state index < -0.39 is 5.97 Å². The summed E-state index contributed by atoms with van der Waals surface area (Å²) in [5.41, 5.74) is 1.72. The molecule has 0 fully saturated rings. The molecule has 0 bridgehead atoms. The fraction of sp³-hybridized carbons (Fsp3) is 0.167. The second-order valence-corrected chi connectivity index (χ2v) is 3.61. The highest BCUT2D eigenvalue weighted by molar-refractivity contribution is 5.81. The molecule has 2 rings (SSSR count). The van der Waals surface area contributed by atoms with Crippen molar-refractivity contribution in [1.82, 2.24) is 4.98 Å². The Morgan fingerprint density at radius 1 is 1.50 bits per heavy atom. The molecule has 0 aliphatic carbocycles. The number of aliphatic carboxylic acids is 1. The van der Waals surface area contributed by atoms with Crippen molar-refractivity contribution in [2.45, 2.75) is 13.3 Å². The van der Waals surface area contributed by atoms with Gasteiger partial charge in [-0.1, -0.05) is 6.07 Å². The molecular weight excluding hydrogens is 209 g/mol. The van der Waals surface area contributed by atoms with Crippen LogP contribution in [0.15, 0.2) is 24.3 Å². The topological polar surface area (TPSA) is 50.2 Å². The van der Waals surface area contributed by atoms with E-state index in [-0.39, 0.29) is 12.2 Å². The van der Waals surface area contributed by atoms with Gasteiger partial charge in [0.05, 0.1) is 11.9 Å². The quantitative estimate of drug-likeness (QED) is 0.843. The Bertz CT molecular complexity index is 566. The van der Waals surface area contributed by atoms with Gasteiger partial charge in [0.15, 0.2) is 0 Å². The molecule has 1 heterocycles. The number of benzene rings is 1. The molecule has 16 heavy (non-hydrogen) atoms. The number of carbonyl (C=O) groups is 1. The molecule has 0 atom stereocenters. The monoisotopic (exact) mass is 219 g/mol. The van der Waals surface area contributed by atoms with Crippen LogP contribution in [0, 0.1) is 12.7 Å². The summed E-state index contributed by atoms with van der Waals surface area (Å²) in [6.45, 7) is 1.72. The van der Waals surface area contributed by atoms with E-state index in [4.69, 9.17) is 5.11 Å². The van der Waals surface area contributed by atoms with Crippen LogP contribution >= 0.6 is 0 Å². The van der Waals surface area contributed by atoms with E-state index in [9.17, 15) is 9.18 Å². The highest BCUT2D eigenvalue weighted by Gasteiger charge is 2.09. The van der Waals surface area contributed by atoms with Crippen molar-refractivity contribution >= 4 is 16.9 Å². The van der Waals surface area contributed by atoms with Gasteiger partial charge >= 0.3 is 5.97 Å². The molecule has 0 spiro atoms. The Hall–Kier alpha value is -1.97. The summed E-state index contributed by atoms with van der Waals surface area (Å²) in [5, 5.41) is 9.08. The number of fused-ring (bicyclic) bond motifs is 1. The second kappa shape index (κ2) is 3.89. The molecule has 0 amide bonds. The predicted octanol–water partition coefficient (Wildman–Crippen LogP) is 2.31. The zero-order chi connectivity index (χ0) is 11.7. The summed E-state index contributed by atoms with van der Waals surface area (Å²) in [6.07, 6.45) is -0.136. The molecule has 2 aromatic rings. The van der Waals surface area contributed by atoms with Crippen molar-refractivity contribution in [2.75, 3.05) is 0 Å². The van der Waals surface area contributed by atoms with Crippen molar-refractivity contribution in [2.24, 2.45) is 0 Å². The van der Waals surface area contributed by atoms with Gasteiger partial charge in [0.1, 0.15) is 5.82 Å². The first-order chi connectivity index (χ1) is 7.58. The van der Waals surface area contributed by atoms with E-state index in [0.29, 0.717) is 22.2 Å². The minimum atomic E-state index is -0.944. The lowest BCUT2D eigenvalue weighted by Gasteiger charge is -2.05. The molecule has 0 aliphatic rings. The van der Waals surface area contributed by atoms with Crippen LogP contribution < -0.4 is 0 Å². The van der Waals surface area contributed by atoms with Gasteiger partial charge in [-0.05, 0) is 30.7 Å². The second-order valence-electron chi connectivity index (χ2n) is 3.61. The molecule has 4 heteroatoms. The maximum Gasteiger partial charge on any atom is 0.307 e. The number of carboxylic acids is 1. The minimum Gasteiger partial charge on any atom is -0.481 e. The minimum absolute atomic E-state index is 0.136. The van der Waals surface area contributed by atoms with Crippen LogP contribution in [-0.4, -0.2) is 16.1 Å². The molecule has 0 radical (unpaired) electrons. The average Bonchev–Trinajstić information content (AvgIpc) is 2.20. The van der Waals surface area contributed by atoms with Gasteiger partial charge < -0.3 is 5.11 Å². The van der Waals surface area contributed by atoms with Gasteiger partial charge in [-0.2, -0.15) is 0 Å². The SMILES string of the molecule is Cc1nc2cccc(F)c2cc1CC(=O)O. The highest BCUT2D eigenvalue weighted by atomic mass is 19.1. The Labute approximate surface area is 91.5 Å². The molecule has 3 nitrogen and oxygen atoms in total. The Balaban J connectivity index is 2.64. The van der Waals surface area contributed by atoms with Gasteiger partial charge in [-0.15, -0.1) is 0 Å². The van der Waals surface area contributed by atoms with Crippen molar-refractivity contribution < 1.29 is 14.3 Å². The number of pyridine rings is 1. The van der Waals surface area contributed by atoms with Gasteiger partial charge in [0, 0.05) is 11.1 Å². The van der Waals surface area contributed by atoms with Gasteiger partial charge in [0.2, 0.25) is 0 Å². The van der Waals surface area contributed by atoms with Crippen LogP contribution in [0.5, 0.6) is 0 Å². The van der Waals surface area contributed by atoms with Crippen LogP contribution in [0.1, 0.15) is 11.3 Å². The average molecular weight is 219 g/mol. The van der Waals surface area contributed by atoms with Crippen LogP contribution in [0.3, 0.4) is 0 Å². The maximum absolute atomic E-state index is 13.4. The zero-order valence-corrected chi connectivity index (χ0v) is 8.70. The molecule has 1 aromatic carbocycles. The van der Waals surface area contributed by atoms with Crippen molar-refractivity contribution in [1.29, 1.82) is 0 Å². The van der Waals surface area contributed by atoms with Crippen molar-refractivity contribution in [3.63, 3.8) is 0 Å². The Morgan fingerprint density at radius 2 is 2.25 bits per heavy atom. The third-order valence-corrected chi connectivity index (χ3v) is 2.44. The first kappa shape index (κ1) is 10.5. The molecule has 1 N–H and O–H groups in total. The van der Waals surface area contributed by atoms with E-state index in [1.54, 1.807) is 25.1 Å². The zero-order valence-electron chi connectivity index (χ0n) is 8.70. The van der Waals surface area contributed by atoms with Crippen LogP contribution in [0.25, 0.3) is 10.9 Å². The fourth-order valence-electron chi connectivity index (χ4n) is 1.64. The number of nitrogens with zero attached hydrogens (tertiary/aromatic N) is 1. The van der Waals surface area contributed by atoms with Gasteiger partial charge in [-0.3, -0.25) is 9.78 Å². The van der Waals surface area contributed by atoms with Crippen LogP contribution in [0.2, 0.25) is 0 Å². The number of hydrogen-bond acceptors (Lipinski definition) is 2. The van der Waals surface area contributed by atoms with E-state index >= 15 is 0 Å². The lowest BCUT2D eigenvalue weighted by molar-refractivity contribution is -0.136. The lowest BCUT2D eigenvalue weighted by atomic mass is 10.1. The van der Waals surface area contributed by atoms with Crippen LogP contribution in [0.4, 0.5) is 4.39 Å². The number of aryl methyl sites for hydroxylation is 1. The molecule has 0 unspecified atom stereocenters. The molecule has 0 saturated carbocycles. The molecule has 82 valence electrons. The van der Waals surface area contributed by atoms with Crippen molar-refractivity contribution in [3.8, 4) is 0 Å². The van der Waals surface area contributed by atoms with Gasteiger partial charge in [0.25, 0.3) is 0 Å². The summed E-state index contributed by atoms with van der Waals surface area (Å²) in [6, 6.07) is 6.18. The van der Waals surface area contributed by atoms with Crippen molar-refractivity contribution in [3.05, 3.63) is 41.3 Å².